The molecule has 2 heteroatoms. The van der Waals surface area contributed by atoms with Gasteiger partial charge in [0.2, 0.25) is 0 Å². The second-order valence-corrected chi connectivity index (χ2v) is 4.23. The van der Waals surface area contributed by atoms with Crippen molar-refractivity contribution in [1.29, 1.82) is 0 Å². The number of carbonyl (C=O) groups is 1. The van der Waals surface area contributed by atoms with Gasteiger partial charge in [-0.2, -0.15) is 0 Å². The molecule has 0 fully saturated rings. The van der Waals surface area contributed by atoms with Crippen molar-refractivity contribution in [2.75, 3.05) is 0 Å². The normalized spacial score (nSPS) is 32.2. The van der Waals surface area contributed by atoms with Gasteiger partial charge in [0.05, 0.1) is 5.03 Å². The maximum Gasteiger partial charge on any atom is 0.197 e. The molecule has 1 rings (SSSR count). The van der Waals surface area contributed by atoms with Gasteiger partial charge in [-0.3, -0.25) is 4.79 Å². The molecule has 13 heavy (non-hydrogen) atoms. The van der Waals surface area contributed by atoms with Crippen molar-refractivity contribution in [3.8, 4) is 0 Å². The summed E-state index contributed by atoms with van der Waals surface area (Å²) in [5, 5.41) is 0.308. The average molecular weight is 197 g/mol. The van der Waals surface area contributed by atoms with Crippen LogP contribution in [0.1, 0.15) is 20.8 Å². The van der Waals surface area contributed by atoms with Gasteiger partial charge in [-0.1, -0.05) is 43.7 Å². The van der Waals surface area contributed by atoms with Crippen LogP contribution in [0.2, 0.25) is 0 Å². The Kier molecular flexibility index (Phi) is 2.77. The molecule has 70 valence electrons. The van der Waals surface area contributed by atoms with E-state index in [0.717, 1.165) is 5.57 Å². The third kappa shape index (κ3) is 2.56. The van der Waals surface area contributed by atoms with E-state index in [1.54, 1.807) is 0 Å². The summed E-state index contributed by atoms with van der Waals surface area (Å²) in [6.45, 7) is 5.92. The molecule has 0 aromatic heterocycles. The van der Waals surface area contributed by atoms with Crippen LogP contribution in [-0.4, -0.2) is 5.78 Å². The topological polar surface area (TPSA) is 17.1 Å². The highest BCUT2D eigenvalue weighted by Crippen LogP contribution is 2.24. The summed E-state index contributed by atoms with van der Waals surface area (Å²) in [5.74, 6) is -0.114. The SMILES string of the molecule is CC1=C(\Cl)C(=O)/C=C\C(C)(C)/C=C\1. The number of ketones is 1. The van der Waals surface area contributed by atoms with Crippen molar-refractivity contribution in [2.24, 2.45) is 5.41 Å². The van der Waals surface area contributed by atoms with Gasteiger partial charge in [-0.15, -0.1) is 0 Å². The lowest BCUT2D eigenvalue weighted by atomic mass is 9.90. The molecule has 0 unspecified atom stereocenters. The monoisotopic (exact) mass is 196 g/mol. The molecule has 1 aliphatic rings. The minimum atomic E-state index is -0.114. The Balaban J connectivity index is 3.17. The van der Waals surface area contributed by atoms with E-state index in [1.807, 2.05) is 39.0 Å². The summed E-state index contributed by atoms with van der Waals surface area (Å²) in [4.78, 5) is 11.4. The molecule has 0 atom stereocenters. The van der Waals surface area contributed by atoms with Gasteiger partial charge < -0.3 is 0 Å². The first kappa shape index (κ1) is 10.3. The van der Waals surface area contributed by atoms with Crippen LogP contribution in [0.25, 0.3) is 0 Å². The lowest BCUT2D eigenvalue weighted by Crippen LogP contribution is -2.07. The van der Waals surface area contributed by atoms with E-state index in [-0.39, 0.29) is 11.2 Å². The fourth-order valence-electron chi connectivity index (χ4n) is 1.03. The fraction of sp³-hybridized carbons (Fsp3) is 0.364. The third-order valence-corrected chi connectivity index (χ3v) is 2.47. The van der Waals surface area contributed by atoms with Crippen LogP contribution >= 0.6 is 11.6 Å². The van der Waals surface area contributed by atoms with Crippen molar-refractivity contribution in [3.05, 3.63) is 34.9 Å². The lowest BCUT2D eigenvalue weighted by Gasteiger charge is -2.16. The Bertz CT molecular complexity index is 319. The fourth-order valence-corrected chi connectivity index (χ4v) is 1.15. The van der Waals surface area contributed by atoms with Crippen LogP contribution in [0.3, 0.4) is 0 Å². The lowest BCUT2D eigenvalue weighted by molar-refractivity contribution is -0.110. The van der Waals surface area contributed by atoms with Gasteiger partial charge in [-0.05, 0) is 18.6 Å². The van der Waals surface area contributed by atoms with E-state index < -0.39 is 0 Å². The second-order valence-electron chi connectivity index (χ2n) is 3.85. The number of allylic oxidation sites excluding steroid dienone is 6. The first-order valence-corrected chi connectivity index (χ1v) is 4.59. The maximum absolute atomic E-state index is 11.4. The van der Waals surface area contributed by atoms with Gasteiger partial charge in [0.15, 0.2) is 5.78 Å². The molecule has 0 saturated carbocycles. The van der Waals surface area contributed by atoms with E-state index >= 15 is 0 Å². The Morgan fingerprint density at radius 2 is 1.77 bits per heavy atom. The zero-order chi connectivity index (χ0) is 10.1. The molecule has 0 saturated heterocycles. The number of carbonyl (C=O) groups excluding carboxylic acids is 1. The van der Waals surface area contributed by atoms with Crippen LogP contribution in [0, 0.1) is 5.41 Å². The van der Waals surface area contributed by atoms with E-state index in [9.17, 15) is 4.79 Å². The third-order valence-electron chi connectivity index (χ3n) is 1.99. The molecule has 0 aromatic carbocycles. The highest BCUT2D eigenvalue weighted by atomic mass is 35.5. The predicted molar refractivity (Wildman–Crippen MR) is 55.6 cm³/mol. The second kappa shape index (κ2) is 3.51. The van der Waals surface area contributed by atoms with E-state index in [0.29, 0.717) is 5.03 Å². The summed E-state index contributed by atoms with van der Waals surface area (Å²) in [6, 6.07) is 0. The summed E-state index contributed by atoms with van der Waals surface area (Å²) in [6.07, 6.45) is 7.33. The molecule has 0 amide bonds. The van der Waals surface area contributed by atoms with Crippen LogP contribution < -0.4 is 0 Å². The molecular weight excluding hydrogens is 184 g/mol. The number of hydrogen-bond acceptors (Lipinski definition) is 1. The van der Waals surface area contributed by atoms with Crippen molar-refractivity contribution in [3.63, 3.8) is 0 Å². The van der Waals surface area contributed by atoms with Crippen LogP contribution in [0.5, 0.6) is 0 Å². The standard InChI is InChI=1S/C11H13ClO/c1-8-4-6-11(2,3)7-5-9(13)10(8)12/h4-7H,1-3H3/b6-4-,7-5-,10-8+. The molecule has 0 spiro atoms. The quantitative estimate of drug-likeness (QED) is 0.582. The van der Waals surface area contributed by atoms with Gasteiger partial charge in [0.1, 0.15) is 0 Å². The predicted octanol–water partition coefficient (Wildman–Crippen LogP) is 3.22. The van der Waals surface area contributed by atoms with Crippen molar-refractivity contribution < 1.29 is 4.79 Å². The maximum atomic E-state index is 11.4. The zero-order valence-electron chi connectivity index (χ0n) is 8.10. The van der Waals surface area contributed by atoms with Gasteiger partial charge in [0.25, 0.3) is 0 Å². The molecule has 0 aliphatic heterocycles. The summed E-state index contributed by atoms with van der Waals surface area (Å²) in [5.41, 5.74) is 0.748. The molecular formula is C11H13ClO. The molecule has 1 aliphatic carbocycles. The molecule has 0 aromatic rings. The zero-order valence-corrected chi connectivity index (χ0v) is 8.85. The Morgan fingerprint density at radius 3 is 2.38 bits per heavy atom. The summed E-state index contributed by atoms with van der Waals surface area (Å²) in [7, 11) is 0. The largest absolute Gasteiger partial charge is 0.288 e. The molecule has 0 heterocycles. The van der Waals surface area contributed by atoms with Gasteiger partial charge in [0, 0.05) is 5.41 Å². The number of rotatable bonds is 0. The van der Waals surface area contributed by atoms with Crippen molar-refractivity contribution >= 4 is 17.4 Å². The highest BCUT2D eigenvalue weighted by Gasteiger charge is 2.14. The van der Waals surface area contributed by atoms with Gasteiger partial charge in [-0.25, -0.2) is 0 Å². The Morgan fingerprint density at radius 1 is 1.23 bits per heavy atom. The van der Waals surface area contributed by atoms with Crippen LogP contribution in [0.4, 0.5) is 0 Å². The van der Waals surface area contributed by atoms with Gasteiger partial charge >= 0.3 is 0 Å². The minimum absolute atomic E-state index is 0.0749. The van der Waals surface area contributed by atoms with E-state index in [1.165, 1.54) is 6.08 Å². The molecule has 0 N–H and O–H groups in total. The summed E-state index contributed by atoms with van der Waals surface area (Å²) >= 11 is 5.82. The Labute approximate surface area is 83.8 Å². The average Bonchev–Trinajstić information content (AvgIpc) is 2.08. The van der Waals surface area contributed by atoms with E-state index in [4.69, 9.17) is 11.6 Å². The number of halogens is 1. The van der Waals surface area contributed by atoms with Crippen molar-refractivity contribution in [2.45, 2.75) is 20.8 Å². The van der Waals surface area contributed by atoms with Crippen LogP contribution in [-0.2, 0) is 4.79 Å². The highest BCUT2D eigenvalue weighted by molar-refractivity contribution is 6.44. The van der Waals surface area contributed by atoms with Crippen LogP contribution in [0.15, 0.2) is 34.9 Å². The molecule has 0 bridgehead atoms. The first-order valence-electron chi connectivity index (χ1n) is 4.21. The summed E-state index contributed by atoms with van der Waals surface area (Å²) < 4.78 is 0. The smallest absolute Gasteiger partial charge is 0.197 e. The van der Waals surface area contributed by atoms with Crippen molar-refractivity contribution in [1.82, 2.24) is 0 Å². The molecule has 1 nitrogen and oxygen atoms in total. The first-order chi connectivity index (χ1) is 5.92. The molecule has 0 radical (unpaired) electrons. The Hall–Kier alpha value is -0.820. The number of hydrogen-bond donors (Lipinski definition) is 0. The van der Waals surface area contributed by atoms with E-state index in [2.05, 4.69) is 0 Å². The minimum Gasteiger partial charge on any atom is -0.288 e.